The average molecular weight is 288 g/mol. The molecule has 2 amide bonds. The van der Waals surface area contributed by atoms with Crippen LogP contribution >= 0.6 is 0 Å². The van der Waals surface area contributed by atoms with Crippen molar-refractivity contribution >= 4 is 11.8 Å². The van der Waals surface area contributed by atoms with E-state index in [-0.39, 0.29) is 17.9 Å². The third kappa shape index (κ3) is 3.84. The van der Waals surface area contributed by atoms with Crippen molar-refractivity contribution in [2.45, 2.75) is 46.2 Å². The van der Waals surface area contributed by atoms with E-state index in [1.54, 1.807) is 11.8 Å². The summed E-state index contributed by atoms with van der Waals surface area (Å²) in [5.74, 6) is 0.165. The fourth-order valence-corrected chi connectivity index (χ4v) is 2.86. The highest BCUT2D eigenvalue weighted by Crippen LogP contribution is 2.19. The molecule has 0 bridgehead atoms. The Morgan fingerprint density at radius 3 is 2.52 bits per heavy atom. The number of fused-ring (bicyclic) bond motifs is 1. The predicted molar refractivity (Wildman–Crippen MR) is 82.7 cm³/mol. The number of carbonyl (C=O) groups excluding carboxylic acids is 2. The normalized spacial score (nSPS) is 14.0. The van der Waals surface area contributed by atoms with E-state index in [0.29, 0.717) is 19.5 Å². The van der Waals surface area contributed by atoms with Gasteiger partial charge in [-0.2, -0.15) is 0 Å². The quantitative estimate of drug-likeness (QED) is 0.852. The molecular weight excluding hydrogens is 264 g/mol. The van der Waals surface area contributed by atoms with Crippen LogP contribution in [0.4, 0.5) is 0 Å². The number of carbonyl (C=O) groups is 2. The zero-order valence-electron chi connectivity index (χ0n) is 13.1. The number of benzene rings is 1. The van der Waals surface area contributed by atoms with Gasteiger partial charge in [-0.15, -0.1) is 0 Å². The van der Waals surface area contributed by atoms with E-state index < -0.39 is 0 Å². The van der Waals surface area contributed by atoms with Gasteiger partial charge in [-0.25, -0.2) is 0 Å². The highest BCUT2D eigenvalue weighted by Gasteiger charge is 2.21. The molecule has 0 radical (unpaired) electrons. The minimum Gasteiger partial charge on any atom is -0.340 e. The van der Waals surface area contributed by atoms with E-state index in [9.17, 15) is 9.59 Å². The van der Waals surface area contributed by atoms with Gasteiger partial charge in [0.1, 0.15) is 0 Å². The van der Waals surface area contributed by atoms with Crippen molar-refractivity contribution in [3.05, 3.63) is 35.4 Å². The Labute approximate surface area is 126 Å². The van der Waals surface area contributed by atoms with Crippen LogP contribution in [-0.2, 0) is 22.6 Å². The van der Waals surface area contributed by atoms with E-state index in [1.165, 1.54) is 11.1 Å². The van der Waals surface area contributed by atoms with Gasteiger partial charge in [0.25, 0.3) is 0 Å². The van der Waals surface area contributed by atoms with Crippen molar-refractivity contribution in [1.82, 2.24) is 9.80 Å². The van der Waals surface area contributed by atoms with Crippen LogP contribution in [0.1, 0.15) is 38.3 Å². The Morgan fingerprint density at radius 1 is 1.24 bits per heavy atom. The van der Waals surface area contributed by atoms with Gasteiger partial charge >= 0.3 is 0 Å². The summed E-state index contributed by atoms with van der Waals surface area (Å²) >= 11 is 0. The lowest BCUT2D eigenvalue weighted by molar-refractivity contribution is -0.134. The van der Waals surface area contributed by atoms with Crippen molar-refractivity contribution in [2.24, 2.45) is 0 Å². The fourth-order valence-electron chi connectivity index (χ4n) is 2.86. The SMILES string of the molecule is CC(=O)N(CCC(=O)N1CCc2ccccc2C1)C(C)C. The Morgan fingerprint density at radius 2 is 1.90 bits per heavy atom. The van der Waals surface area contributed by atoms with Gasteiger partial charge in [0.15, 0.2) is 0 Å². The lowest BCUT2D eigenvalue weighted by atomic mass is 10.00. The van der Waals surface area contributed by atoms with E-state index in [4.69, 9.17) is 0 Å². The molecule has 1 aliphatic heterocycles. The molecule has 0 spiro atoms. The number of hydrogen-bond acceptors (Lipinski definition) is 2. The number of amides is 2. The molecule has 21 heavy (non-hydrogen) atoms. The lowest BCUT2D eigenvalue weighted by Gasteiger charge is -2.30. The van der Waals surface area contributed by atoms with Crippen LogP contribution in [-0.4, -0.2) is 40.7 Å². The Balaban J connectivity index is 1.92. The second-order valence-corrected chi connectivity index (χ2v) is 5.89. The van der Waals surface area contributed by atoms with Gasteiger partial charge in [-0.1, -0.05) is 24.3 Å². The molecule has 0 N–H and O–H groups in total. The topological polar surface area (TPSA) is 40.6 Å². The summed E-state index contributed by atoms with van der Waals surface area (Å²) in [5, 5.41) is 0. The van der Waals surface area contributed by atoms with Crippen molar-refractivity contribution in [1.29, 1.82) is 0 Å². The van der Waals surface area contributed by atoms with Gasteiger partial charge < -0.3 is 9.80 Å². The van der Waals surface area contributed by atoms with E-state index in [0.717, 1.165) is 13.0 Å². The first-order chi connectivity index (χ1) is 9.99. The zero-order chi connectivity index (χ0) is 15.4. The van der Waals surface area contributed by atoms with E-state index in [2.05, 4.69) is 12.1 Å². The lowest BCUT2D eigenvalue weighted by Crippen LogP contribution is -2.41. The molecule has 1 heterocycles. The van der Waals surface area contributed by atoms with Crippen molar-refractivity contribution in [3.63, 3.8) is 0 Å². The highest BCUT2D eigenvalue weighted by atomic mass is 16.2. The van der Waals surface area contributed by atoms with Crippen LogP contribution < -0.4 is 0 Å². The second kappa shape index (κ2) is 6.74. The summed E-state index contributed by atoms with van der Waals surface area (Å²) in [5.41, 5.74) is 2.58. The van der Waals surface area contributed by atoms with Crippen LogP contribution in [0.2, 0.25) is 0 Å². The third-order valence-electron chi connectivity index (χ3n) is 4.08. The molecule has 2 rings (SSSR count). The molecule has 0 aromatic heterocycles. The number of rotatable bonds is 4. The van der Waals surface area contributed by atoms with Gasteiger partial charge in [0.05, 0.1) is 0 Å². The molecule has 1 aromatic rings. The molecule has 1 aromatic carbocycles. The highest BCUT2D eigenvalue weighted by molar-refractivity contribution is 5.78. The number of hydrogen-bond donors (Lipinski definition) is 0. The van der Waals surface area contributed by atoms with Crippen molar-refractivity contribution in [2.75, 3.05) is 13.1 Å². The second-order valence-electron chi connectivity index (χ2n) is 5.89. The average Bonchev–Trinajstić information content (AvgIpc) is 2.46. The zero-order valence-corrected chi connectivity index (χ0v) is 13.1. The summed E-state index contributed by atoms with van der Waals surface area (Å²) in [7, 11) is 0. The first-order valence-corrected chi connectivity index (χ1v) is 7.61. The van der Waals surface area contributed by atoms with Crippen LogP contribution in [0.5, 0.6) is 0 Å². The summed E-state index contributed by atoms with van der Waals surface area (Å²) in [6, 6.07) is 8.42. The van der Waals surface area contributed by atoms with Crippen molar-refractivity contribution in [3.8, 4) is 0 Å². The molecule has 0 saturated carbocycles. The Bertz CT molecular complexity index is 525. The van der Waals surface area contributed by atoms with Crippen LogP contribution in [0.3, 0.4) is 0 Å². The maximum absolute atomic E-state index is 12.3. The fraction of sp³-hybridized carbons (Fsp3) is 0.529. The number of nitrogens with zero attached hydrogens (tertiary/aromatic N) is 2. The largest absolute Gasteiger partial charge is 0.340 e. The molecule has 0 fully saturated rings. The summed E-state index contributed by atoms with van der Waals surface area (Å²) in [6.07, 6.45) is 1.32. The minimum atomic E-state index is 0.0294. The summed E-state index contributed by atoms with van der Waals surface area (Å²) in [4.78, 5) is 27.5. The predicted octanol–water partition coefficient (Wildman–Crippen LogP) is 2.22. The molecule has 4 nitrogen and oxygen atoms in total. The van der Waals surface area contributed by atoms with Crippen LogP contribution in [0.25, 0.3) is 0 Å². The van der Waals surface area contributed by atoms with Crippen molar-refractivity contribution < 1.29 is 9.59 Å². The smallest absolute Gasteiger partial charge is 0.224 e. The maximum Gasteiger partial charge on any atom is 0.224 e. The van der Waals surface area contributed by atoms with Gasteiger partial charge in [0, 0.05) is 39.0 Å². The van der Waals surface area contributed by atoms with Gasteiger partial charge in [0.2, 0.25) is 11.8 Å². The molecule has 1 aliphatic rings. The van der Waals surface area contributed by atoms with Crippen LogP contribution in [0, 0.1) is 0 Å². The monoisotopic (exact) mass is 288 g/mol. The maximum atomic E-state index is 12.3. The van der Waals surface area contributed by atoms with Crippen LogP contribution in [0.15, 0.2) is 24.3 Å². The van der Waals surface area contributed by atoms with E-state index >= 15 is 0 Å². The molecular formula is C17H24N2O2. The molecule has 114 valence electrons. The molecule has 0 unspecified atom stereocenters. The van der Waals surface area contributed by atoms with Gasteiger partial charge in [-0.3, -0.25) is 9.59 Å². The summed E-state index contributed by atoms with van der Waals surface area (Å²) < 4.78 is 0. The molecule has 0 aliphatic carbocycles. The third-order valence-corrected chi connectivity index (χ3v) is 4.08. The minimum absolute atomic E-state index is 0.0294. The summed E-state index contributed by atoms with van der Waals surface area (Å²) in [6.45, 7) is 7.48. The van der Waals surface area contributed by atoms with E-state index in [1.807, 2.05) is 30.9 Å². The Kier molecular flexibility index (Phi) is 4.99. The first kappa shape index (κ1) is 15.5. The molecule has 0 saturated heterocycles. The standard InChI is InChI=1S/C17H24N2O2/c1-13(2)19(14(3)20)11-9-17(21)18-10-8-15-6-4-5-7-16(15)12-18/h4-7,13H,8-12H2,1-3H3. The van der Waals surface area contributed by atoms with Gasteiger partial charge in [-0.05, 0) is 31.4 Å². The first-order valence-electron chi connectivity index (χ1n) is 7.61. The molecule has 4 heteroatoms. The molecule has 0 atom stereocenters. The Hall–Kier alpha value is -1.84.